The van der Waals surface area contributed by atoms with E-state index in [9.17, 15) is 9.59 Å². The average Bonchev–Trinajstić information content (AvgIpc) is 3.14. The number of methoxy groups -OCH3 is 2. The molecule has 2 aromatic carbocycles. The van der Waals surface area contributed by atoms with E-state index < -0.39 is 0 Å². The molecule has 7 nitrogen and oxygen atoms in total. The number of nitrogens with one attached hydrogen (secondary N) is 2. The summed E-state index contributed by atoms with van der Waals surface area (Å²) in [6.45, 7) is 2.97. The van der Waals surface area contributed by atoms with Gasteiger partial charge < -0.3 is 25.0 Å². The fraction of sp³-hybridized carbons (Fsp3) is 0.333. The lowest BCUT2D eigenvalue weighted by atomic mass is 10.1. The number of urea groups is 1. The van der Waals surface area contributed by atoms with Crippen molar-refractivity contribution < 1.29 is 19.1 Å². The zero-order chi connectivity index (χ0) is 20.1. The van der Waals surface area contributed by atoms with Crippen LogP contribution in [0.2, 0.25) is 0 Å². The zero-order valence-electron chi connectivity index (χ0n) is 16.4. The Morgan fingerprint density at radius 3 is 2.64 bits per heavy atom. The lowest BCUT2D eigenvalue weighted by Gasteiger charge is -2.16. The Morgan fingerprint density at radius 2 is 1.93 bits per heavy atom. The number of amides is 3. The number of fused-ring (bicyclic) bond motifs is 1. The fourth-order valence-corrected chi connectivity index (χ4v) is 3.28. The van der Waals surface area contributed by atoms with Crippen LogP contribution in [0.5, 0.6) is 11.5 Å². The largest absolute Gasteiger partial charge is 0.497 e. The highest BCUT2D eigenvalue weighted by Gasteiger charge is 2.23. The zero-order valence-corrected chi connectivity index (χ0v) is 16.4. The summed E-state index contributed by atoms with van der Waals surface area (Å²) < 4.78 is 10.5. The number of carbonyl (C=O) groups excluding carboxylic acids is 2. The highest BCUT2D eigenvalue weighted by atomic mass is 16.5. The van der Waals surface area contributed by atoms with E-state index in [1.165, 1.54) is 0 Å². The molecule has 0 spiro atoms. The molecule has 2 aromatic rings. The standard InChI is InChI=1S/C21H25N3O4/c1-4-20(25)24-10-9-15-11-14(5-7-18(15)24)13-22-21(26)23-17-12-16(27-2)6-8-19(17)28-3/h5-8,11-12H,4,9-10,13H2,1-3H3,(H2,22,23,26). The van der Waals surface area contributed by atoms with Crippen molar-refractivity contribution >= 4 is 23.3 Å². The van der Waals surface area contributed by atoms with Gasteiger partial charge in [0.05, 0.1) is 19.9 Å². The Hall–Kier alpha value is -3.22. The number of hydrogen-bond acceptors (Lipinski definition) is 4. The number of rotatable bonds is 6. The number of hydrogen-bond donors (Lipinski definition) is 2. The third-order valence-corrected chi connectivity index (χ3v) is 4.75. The van der Waals surface area contributed by atoms with Crippen LogP contribution < -0.4 is 25.0 Å². The molecule has 1 heterocycles. The van der Waals surface area contributed by atoms with Crippen molar-refractivity contribution in [2.75, 3.05) is 31.0 Å². The summed E-state index contributed by atoms with van der Waals surface area (Å²) in [7, 11) is 3.11. The average molecular weight is 383 g/mol. The minimum Gasteiger partial charge on any atom is -0.497 e. The second kappa shape index (κ2) is 8.65. The molecule has 0 aromatic heterocycles. The molecule has 148 valence electrons. The van der Waals surface area contributed by atoms with Crippen LogP contribution in [-0.4, -0.2) is 32.7 Å². The van der Waals surface area contributed by atoms with Gasteiger partial charge in [0.25, 0.3) is 0 Å². The van der Waals surface area contributed by atoms with E-state index in [1.54, 1.807) is 32.4 Å². The number of ether oxygens (including phenoxy) is 2. The summed E-state index contributed by atoms with van der Waals surface area (Å²) in [5, 5.41) is 5.63. The van der Waals surface area contributed by atoms with Crippen LogP contribution >= 0.6 is 0 Å². The van der Waals surface area contributed by atoms with E-state index in [0.29, 0.717) is 30.2 Å². The molecule has 0 radical (unpaired) electrons. The van der Waals surface area contributed by atoms with Crippen LogP contribution in [0.1, 0.15) is 24.5 Å². The highest BCUT2D eigenvalue weighted by molar-refractivity contribution is 5.95. The molecule has 7 heteroatoms. The first-order valence-electron chi connectivity index (χ1n) is 9.24. The number of carbonyl (C=O) groups is 2. The summed E-state index contributed by atoms with van der Waals surface area (Å²) in [6, 6.07) is 10.8. The molecule has 3 rings (SSSR count). The molecule has 2 N–H and O–H groups in total. The molecule has 0 aliphatic carbocycles. The minimum atomic E-state index is -0.338. The quantitative estimate of drug-likeness (QED) is 0.802. The topological polar surface area (TPSA) is 79.9 Å². The van der Waals surface area contributed by atoms with Gasteiger partial charge in [0, 0.05) is 31.3 Å². The van der Waals surface area contributed by atoms with Crippen LogP contribution in [0.4, 0.5) is 16.2 Å². The second-order valence-electron chi connectivity index (χ2n) is 6.49. The maximum atomic E-state index is 12.3. The van der Waals surface area contributed by atoms with E-state index in [4.69, 9.17) is 9.47 Å². The van der Waals surface area contributed by atoms with E-state index in [2.05, 4.69) is 10.6 Å². The minimum absolute atomic E-state index is 0.135. The Kier molecular flexibility index (Phi) is 6.03. The molecule has 0 saturated heterocycles. The van der Waals surface area contributed by atoms with Crippen LogP contribution in [0.15, 0.2) is 36.4 Å². The van der Waals surface area contributed by atoms with Gasteiger partial charge in [-0.05, 0) is 35.7 Å². The monoisotopic (exact) mass is 383 g/mol. The summed E-state index contributed by atoms with van der Waals surface area (Å²) in [6.07, 6.45) is 1.33. The van der Waals surface area contributed by atoms with Crippen molar-refractivity contribution in [1.29, 1.82) is 0 Å². The first kappa shape index (κ1) is 19.5. The molecule has 0 unspecified atom stereocenters. The molecule has 0 bridgehead atoms. The molecular formula is C21H25N3O4. The van der Waals surface area contributed by atoms with Crippen LogP contribution in [0.25, 0.3) is 0 Å². The van der Waals surface area contributed by atoms with E-state index in [-0.39, 0.29) is 11.9 Å². The Balaban J connectivity index is 1.62. The van der Waals surface area contributed by atoms with Gasteiger partial charge in [-0.3, -0.25) is 4.79 Å². The number of benzene rings is 2. The lowest BCUT2D eigenvalue weighted by molar-refractivity contribution is -0.118. The van der Waals surface area contributed by atoms with Gasteiger partial charge in [-0.2, -0.15) is 0 Å². The first-order valence-corrected chi connectivity index (χ1v) is 9.24. The summed E-state index contributed by atoms with van der Waals surface area (Å²) in [5.41, 5.74) is 3.62. The van der Waals surface area contributed by atoms with Crippen LogP contribution in [-0.2, 0) is 17.8 Å². The van der Waals surface area contributed by atoms with E-state index in [0.717, 1.165) is 29.8 Å². The molecule has 0 fully saturated rings. The van der Waals surface area contributed by atoms with Crippen molar-refractivity contribution in [3.8, 4) is 11.5 Å². The summed E-state index contributed by atoms with van der Waals surface area (Å²) >= 11 is 0. The fourth-order valence-electron chi connectivity index (χ4n) is 3.28. The highest BCUT2D eigenvalue weighted by Crippen LogP contribution is 2.30. The predicted octanol–water partition coefficient (Wildman–Crippen LogP) is 3.32. The summed E-state index contributed by atoms with van der Waals surface area (Å²) in [5.74, 6) is 1.31. The number of anilines is 2. The normalized spacial score (nSPS) is 12.3. The molecular weight excluding hydrogens is 358 g/mol. The van der Waals surface area contributed by atoms with Crippen LogP contribution in [0.3, 0.4) is 0 Å². The van der Waals surface area contributed by atoms with Gasteiger partial charge in [-0.1, -0.05) is 19.1 Å². The third-order valence-electron chi connectivity index (χ3n) is 4.75. The van der Waals surface area contributed by atoms with Crippen molar-refractivity contribution in [3.05, 3.63) is 47.5 Å². The van der Waals surface area contributed by atoms with Gasteiger partial charge in [-0.15, -0.1) is 0 Å². The molecule has 1 aliphatic heterocycles. The molecule has 1 aliphatic rings. The van der Waals surface area contributed by atoms with Crippen molar-refractivity contribution in [2.45, 2.75) is 26.3 Å². The molecule has 28 heavy (non-hydrogen) atoms. The van der Waals surface area contributed by atoms with Crippen molar-refractivity contribution in [2.24, 2.45) is 0 Å². The van der Waals surface area contributed by atoms with Crippen molar-refractivity contribution in [1.82, 2.24) is 5.32 Å². The summed E-state index contributed by atoms with van der Waals surface area (Å²) in [4.78, 5) is 26.1. The Labute approximate surface area is 164 Å². The molecule has 0 atom stereocenters. The smallest absolute Gasteiger partial charge is 0.319 e. The predicted molar refractivity (Wildman–Crippen MR) is 108 cm³/mol. The lowest BCUT2D eigenvalue weighted by Crippen LogP contribution is -2.28. The SMILES string of the molecule is CCC(=O)N1CCc2cc(CNC(=O)Nc3cc(OC)ccc3OC)ccc21. The number of nitrogens with zero attached hydrogens (tertiary/aromatic N) is 1. The first-order chi connectivity index (χ1) is 13.5. The Morgan fingerprint density at radius 1 is 1.11 bits per heavy atom. The van der Waals surface area contributed by atoms with Gasteiger partial charge in [-0.25, -0.2) is 4.79 Å². The maximum Gasteiger partial charge on any atom is 0.319 e. The Bertz CT molecular complexity index is 882. The van der Waals surface area contributed by atoms with E-state index in [1.807, 2.05) is 30.0 Å². The molecule has 3 amide bonds. The third kappa shape index (κ3) is 4.19. The van der Waals surface area contributed by atoms with Gasteiger partial charge in [0.15, 0.2) is 0 Å². The van der Waals surface area contributed by atoms with Gasteiger partial charge in [0.2, 0.25) is 5.91 Å². The second-order valence-corrected chi connectivity index (χ2v) is 6.49. The van der Waals surface area contributed by atoms with E-state index >= 15 is 0 Å². The van der Waals surface area contributed by atoms with Crippen LogP contribution in [0, 0.1) is 0 Å². The van der Waals surface area contributed by atoms with Crippen molar-refractivity contribution in [3.63, 3.8) is 0 Å². The maximum absolute atomic E-state index is 12.3. The molecule has 0 saturated carbocycles. The van der Waals surface area contributed by atoms with Gasteiger partial charge >= 0.3 is 6.03 Å². The van der Waals surface area contributed by atoms with Gasteiger partial charge in [0.1, 0.15) is 11.5 Å².